The van der Waals surface area contributed by atoms with Crippen LogP contribution in [0.5, 0.6) is 0 Å². The van der Waals surface area contributed by atoms with E-state index < -0.39 is 10.8 Å². The summed E-state index contributed by atoms with van der Waals surface area (Å²) in [5, 5.41) is 18.1. The molecule has 0 bridgehead atoms. The molecule has 9 heteroatoms. The fourth-order valence-corrected chi connectivity index (χ4v) is 5.60. The Bertz CT molecular complexity index is 1250. The molecule has 0 spiro atoms. The molecule has 0 aliphatic carbocycles. The van der Waals surface area contributed by atoms with E-state index in [9.17, 15) is 9.00 Å². The van der Waals surface area contributed by atoms with Gasteiger partial charge in [0.2, 0.25) is 0 Å². The predicted octanol–water partition coefficient (Wildman–Crippen LogP) is 3.80. The Kier molecular flexibility index (Phi) is 7.99. The average Bonchev–Trinajstić information content (AvgIpc) is 3.07. The molecule has 1 fully saturated rings. The number of carbonyl (C=O) groups excluding carboxylic acids is 1. The highest BCUT2D eigenvalue weighted by atomic mass is 35.5. The lowest BCUT2D eigenvalue weighted by molar-refractivity contribution is 0.0946. The van der Waals surface area contributed by atoms with Gasteiger partial charge in [-0.2, -0.15) is 10.4 Å². The number of rotatable bonds is 7. The fourth-order valence-electron chi connectivity index (χ4n) is 4.36. The largest absolute Gasteiger partial charge is 0.347 e. The monoisotopic (exact) mass is 497 g/mol. The molecule has 1 aliphatic rings. The quantitative estimate of drug-likeness (QED) is 0.536. The third-order valence-corrected chi connectivity index (χ3v) is 7.63. The fraction of sp³-hybridized carbons (Fsp3) is 0.400. The molecule has 2 heterocycles. The van der Waals surface area contributed by atoms with E-state index >= 15 is 0 Å². The van der Waals surface area contributed by atoms with Crippen LogP contribution >= 0.6 is 11.6 Å². The maximum Gasteiger partial charge on any atom is 0.272 e. The van der Waals surface area contributed by atoms with Gasteiger partial charge >= 0.3 is 0 Å². The summed E-state index contributed by atoms with van der Waals surface area (Å²) in [6, 6.07) is 13.7. The number of fused-ring (bicyclic) bond motifs is 1. The summed E-state index contributed by atoms with van der Waals surface area (Å²) in [5.74, 6) is 1.21. The lowest BCUT2D eigenvalue weighted by Gasteiger charge is -2.20. The maximum atomic E-state index is 13.2. The van der Waals surface area contributed by atoms with E-state index in [1.54, 1.807) is 16.8 Å². The van der Waals surface area contributed by atoms with E-state index in [2.05, 4.69) is 27.5 Å². The molecular formula is C25H28ClN5O2S. The van der Waals surface area contributed by atoms with Crippen molar-refractivity contribution in [2.75, 3.05) is 24.6 Å². The first-order valence-electron chi connectivity index (χ1n) is 11.4. The Morgan fingerprint density at radius 1 is 1.21 bits per heavy atom. The van der Waals surface area contributed by atoms with E-state index in [4.69, 9.17) is 16.9 Å². The Hall–Kier alpha value is -2.73. The Labute approximate surface area is 207 Å². The van der Waals surface area contributed by atoms with Gasteiger partial charge in [-0.15, -0.1) is 0 Å². The van der Waals surface area contributed by atoms with Crippen molar-refractivity contribution in [1.82, 2.24) is 20.0 Å². The first-order valence-corrected chi connectivity index (χ1v) is 13.3. The number of halogens is 1. The first-order chi connectivity index (χ1) is 16.4. The summed E-state index contributed by atoms with van der Waals surface area (Å²) >= 11 is 5.95. The molecule has 1 N–H and O–H groups in total. The molecule has 2 aromatic carbocycles. The van der Waals surface area contributed by atoms with Crippen molar-refractivity contribution in [3.8, 4) is 6.07 Å². The summed E-state index contributed by atoms with van der Waals surface area (Å²) in [6.07, 6.45) is 1.24. The molecule has 7 nitrogen and oxygen atoms in total. The molecule has 34 heavy (non-hydrogen) atoms. The zero-order chi connectivity index (χ0) is 24.1. The van der Waals surface area contributed by atoms with Crippen LogP contribution in [0.2, 0.25) is 5.02 Å². The van der Waals surface area contributed by atoms with Crippen LogP contribution in [0.25, 0.3) is 10.9 Å². The standard InChI is InChI=1S/C25H28ClN5O2S/c1-18-14-20(17-30-9-3-12-34(33)13-11-30)15-22-23(29-31(24(18)22)10-2-8-27)25(32)28-16-19-4-6-21(26)7-5-19/h4-7,14-15H,2-3,9-13,16-17H2,1H3,(H,28,32). The summed E-state index contributed by atoms with van der Waals surface area (Å²) in [4.78, 5) is 15.5. The van der Waals surface area contributed by atoms with Gasteiger partial charge in [0.25, 0.3) is 5.91 Å². The second-order valence-corrected chi connectivity index (χ2v) is 10.7. The molecule has 178 valence electrons. The minimum atomic E-state index is -0.734. The Morgan fingerprint density at radius 3 is 2.76 bits per heavy atom. The highest BCUT2D eigenvalue weighted by Crippen LogP contribution is 2.26. The van der Waals surface area contributed by atoms with Crippen molar-refractivity contribution in [3.05, 3.63) is 63.8 Å². The SMILES string of the molecule is Cc1cc(CN2CCCS(=O)CC2)cc2c(C(=O)NCc3ccc(Cl)cc3)nn(CCC#N)c12. The number of aromatic nitrogens is 2. The normalized spacial score (nSPS) is 16.8. The number of hydrogen-bond donors (Lipinski definition) is 1. The van der Waals surface area contributed by atoms with Crippen LogP contribution in [0.3, 0.4) is 0 Å². The third kappa shape index (κ3) is 5.84. The molecule has 4 rings (SSSR count). The number of nitriles is 1. The van der Waals surface area contributed by atoms with Gasteiger partial charge in [0.05, 0.1) is 24.6 Å². The van der Waals surface area contributed by atoms with Gasteiger partial charge in [-0.1, -0.05) is 29.8 Å². The van der Waals surface area contributed by atoms with Gasteiger partial charge in [0.1, 0.15) is 0 Å². The van der Waals surface area contributed by atoms with Crippen molar-refractivity contribution in [2.24, 2.45) is 0 Å². The second kappa shape index (κ2) is 11.1. The van der Waals surface area contributed by atoms with Crippen LogP contribution in [-0.2, 0) is 30.4 Å². The van der Waals surface area contributed by atoms with Crippen molar-refractivity contribution in [3.63, 3.8) is 0 Å². The molecule has 3 aromatic rings. The van der Waals surface area contributed by atoms with E-state index in [0.717, 1.165) is 59.4 Å². The van der Waals surface area contributed by atoms with Crippen molar-refractivity contribution in [1.29, 1.82) is 5.26 Å². The summed E-state index contributed by atoms with van der Waals surface area (Å²) in [5.41, 5.74) is 4.31. The minimum Gasteiger partial charge on any atom is -0.347 e. The average molecular weight is 498 g/mol. The molecule has 1 aromatic heterocycles. The highest BCUT2D eigenvalue weighted by molar-refractivity contribution is 7.85. The van der Waals surface area contributed by atoms with Crippen molar-refractivity contribution < 1.29 is 9.00 Å². The van der Waals surface area contributed by atoms with Gasteiger partial charge in [-0.3, -0.25) is 18.6 Å². The molecule has 1 saturated heterocycles. The number of aryl methyl sites for hydroxylation is 2. The lowest BCUT2D eigenvalue weighted by atomic mass is 10.0. The molecule has 1 amide bonds. The number of hydrogen-bond acceptors (Lipinski definition) is 5. The topological polar surface area (TPSA) is 91.0 Å². The molecule has 0 radical (unpaired) electrons. The van der Waals surface area contributed by atoms with Crippen molar-refractivity contribution in [2.45, 2.75) is 39.4 Å². The van der Waals surface area contributed by atoms with Crippen LogP contribution in [0.1, 0.15) is 40.0 Å². The molecule has 1 aliphatic heterocycles. The number of benzene rings is 2. The Morgan fingerprint density at radius 2 is 2.00 bits per heavy atom. The predicted molar refractivity (Wildman–Crippen MR) is 135 cm³/mol. The number of amides is 1. The van der Waals surface area contributed by atoms with E-state index in [0.29, 0.717) is 36.0 Å². The van der Waals surface area contributed by atoms with Crippen LogP contribution in [0.15, 0.2) is 36.4 Å². The van der Waals surface area contributed by atoms with Gasteiger partial charge in [0.15, 0.2) is 5.69 Å². The summed E-state index contributed by atoms with van der Waals surface area (Å²) in [6.45, 7) is 5.27. The van der Waals surface area contributed by atoms with Gasteiger partial charge < -0.3 is 5.32 Å². The maximum absolute atomic E-state index is 13.2. The molecular weight excluding hydrogens is 470 g/mol. The summed E-state index contributed by atoms with van der Waals surface area (Å²) in [7, 11) is -0.734. The second-order valence-electron chi connectivity index (χ2n) is 8.58. The van der Waals surface area contributed by atoms with Crippen LogP contribution in [0, 0.1) is 18.3 Å². The van der Waals surface area contributed by atoms with E-state index in [1.165, 1.54) is 0 Å². The molecule has 1 unspecified atom stereocenters. The van der Waals surface area contributed by atoms with Crippen LogP contribution in [-0.4, -0.2) is 49.4 Å². The highest BCUT2D eigenvalue weighted by Gasteiger charge is 2.21. The third-order valence-electron chi connectivity index (χ3n) is 6.00. The van der Waals surface area contributed by atoms with Crippen molar-refractivity contribution >= 4 is 39.2 Å². The van der Waals surface area contributed by atoms with Gasteiger partial charge in [-0.05, 0) is 54.8 Å². The zero-order valence-corrected chi connectivity index (χ0v) is 20.8. The van der Waals surface area contributed by atoms with E-state index in [1.807, 2.05) is 25.1 Å². The number of carbonyl (C=O) groups is 1. The number of nitrogens with one attached hydrogen (secondary N) is 1. The van der Waals surface area contributed by atoms with Gasteiger partial charge in [0, 0.05) is 52.3 Å². The minimum absolute atomic E-state index is 0.252. The molecule has 0 saturated carbocycles. The van der Waals surface area contributed by atoms with Gasteiger partial charge in [-0.25, -0.2) is 0 Å². The van der Waals surface area contributed by atoms with Crippen LogP contribution < -0.4 is 5.32 Å². The molecule has 1 atom stereocenters. The lowest BCUT2D eigenvalue weighted by Crippen LogP contribution is -2.26. The number of nitrogens with zero attached hydrogens (tertiary/aromatic N) is 4. The summed E-state index contributed by atoms with van der Waals surface area (Å²) < 4.78 is 13.7. The van der Waals surface area contributed by atoms with E-state index in [-0.39, 0.29) is 5.91 Å². The zero-order valence-electron chi connectivity index (χ0n) is 19.2. The smallest absolute Gasteiger partial charge is 0.272 e. The van der Waals surface area contributed by atoms with Crippen LogP contribution in [0.4, 0.5) is 0 Å². The Balaban J connectivity index is 1.62. The first kappa shape index (κ1) is 24.4.